The molecule has 1 saturated heterocycles. The number of hydrogen-bond donors (Lipinski definition) is 0. The van der Waals surface area contributed by atoms with Crippen molar-refractivity contribution in [3.8, 4) is 5.75 Å². The molecular formula is C41H45NO5P+. The molecule has 0 bridgehead atoms. The topological polar surface area (TPSA) is 57.0 Å². The van der Waals surface area contributed by atoms with Gasteiger partial charge in [0, 0.05) is 32.8 Å². The van der Waals surface area contributed by atoms with Crippen LogP contribution in [-0.4, -0.2) is 30.4 Å². The zero-order chi connectivity index (χ0) is 33.2. The third kappa shape index (κ3) is 7.72. The van der Waals surface area contributed by atoms with Crippen molar-refractivity contribution in [2.45, 2.75) is 63.7 Å². The Labute approximate surface area is 286 Å². The van der Waals surface area contributed by atoms with Crippen LogP contribution in [0, 0.1) is 4.91 Å². The van der Waals surface area contributed by atoms with E-state index in [9.17, 15) is 0 Å². The fraction of sp³-hybridized carbons (Fsp3) is 0.317. The molecule has 0 saturated carbocycles. The van der Waals surface area contributed by atoms with Crippen molar-refractivity contribution >= 4 is 8.58 Å². The number of hydrogen-bond acceptors (Lipinski definition) is 5. The molecule has 3 atom stereocenters. The largest absolute Gasteiger partial charge is 0.497 e. The average Bonchev–Trinajstić information content (AvgIpc) is 3.15. The SMILES string of the molecule is COc1ccc(C2([N+](=O)C3CCCCP3)CC(OCc3ccccc3)=C(OCc3ccccc3)C(COCc3ccccc3)=C2C)cc1. The molecule has 4 aromatic carbocycles. The fourth-order valence-electron chi connectivity index (χ4n) is 6.67. The van der Waals surface area contributed by atoms with Crippen LogP contribution >= 0.6 is 8.58 Å². The Kier molecular flexibility index (Phi) is 11.4. The maximum atomic E-state index is 15.1. The standard InChI is InChI=1S/C41H45NO5P/c1-31-37(30-45-27-32-14-6-3-7-15-32)40(47-29-34-18-10-5-11-19-34)38(46-28-33-16-8-4-9-17-33)26-41(31,35-21-23-36(44-2)24-22-35)42(43)39-20-12-13-25-48-39/h3-11,14-19,21-24,39,48H,12-13,20,25-30H2,1-2H3/q+1. The number of rotatable bonds is 14. The van der Waals surface area contributed by atoms with Crippen LogP contribution in [-0.2, 0) is 39.6 Å². The Morgan fingerprint density at radius 1 is 0.729 bits per heavy atom. The molecule has 1 aliphatic carbocycles. The van der Waals surface area contributed by atoms with Crippen LogP contribution in [0.4, 0.5) is 0 Å². The highest BCUT2D eigenvalue weighted by Crippen LogP contribution is 2.50. The van der Waals surface area contributed by atoms with Crippen LogP contribution < -0.4 is 4.74 Å². The first-order chi connectivity index (χ1) is 23.6. The third-order valence-electron chi connectivity index (χ3n) is 9.37. The molecule has 0 spiro atoms. The molecule has 0 amide bonds. The minimum atomic E-state index is -1.02. The Bertz CT molecular complexity index is 1700. The molecule has 0 radical (unpaired) electrons. The van der Waals surface area contributed by atoms with Gasteiger partial charge >= 0.3 is 0 Å². The van der Waals surface area contributed by atoms with Crippen LogP contribution in [0.25, 0.3) is 0 Å². The first-order valence-corrected chi connectivity index (χ1v) is 18.1. The fourth-order valence-corrected chi connectivity index (χ4v) is 8.25. The lowest BCUT2D eigenvalue weighted by Crippen LogP contribution is -2.47. The second-order valence-electron chi connectivity index (χ2n) is 12.4. The Balaban J connectivity index is 1.47. The summed E-state index contributed by atoms with van der Waals surface area (Å²) < 4.78 is 26.9. The van der Waals surface area contributed by atoms with Gasteiger partial charge in [0.05, 0.1) is 26.7 Å². The zero-order valence-corrected chi connectivity index (χ0v) is 28.9. The van der Waals surface area contributed by atoms with E-state index in [1.165, 1.54) is 11.2 Å². The van der Waals surface area contributed by atoms with Crippen molar-refractivity contribution in [3.05, 3.63) is 165 Å². The number of methoxy groups -OCH3 is 1. The van der Waals surface area contributed by atoms with Gasteiger partial charge in [0.25, 0.3) is 5.54 Å². The number of nitrogens with zero attached hydrogens (tertiary/aromatic N) is 1. The third-order valence-corrected chi connectivity index (χ3v) is 11.0. The van der Waals surface area contributed by atoms with Gasteiger partial charge in [0.15, 0.2) is 5.76 Å². The average molecular weight is 663 g/mol. The summed E-state index contributed by atoms with van der Waals surface area (Å²) in [4.78, 5) is 15.1. The van der Waals surface area contributed by atoms with E-state index < -0.39 is 5.54 Å². The molecule has 248 valence electrons. The zero-order valence-electron chi connectivity index (χ0n) is 27.9. The molecule has 0 N–H and O–H groups in total. The van der Waals surface area contributed by atoms with Crippen molar-refractivity contribution in [3.63, 3.8) is 0 Å². The van der Waals surface area contributed by atoms with Crippen molar-refractivity contribution in [1.82, 2.24) is 0 Å². The predicted molar refractivity (Wildman–Crippen MR) is 192 cm³/mol. The van der Waals surface area contributed by atoms with Crippen LogP contribution in [0.2, 0.25) is 0 Å². The Hall–Kier alpha value is -4.25. The quantitative estimate of drug-likeness (QED) is 0.0995. The van der Waals surface area contributed by atoms with E-state index in [1.54, 1.807) is 7.11 Å². The normalized spacial score (nSPS) is 20.1. The number of nitroso groups, excluding NO2 is 1. The monoisotopic (exact) mass is 662 g/mol. The van der Waals surface area contributed by atoms with E-state index in [1.807, 2.05) is 78.9 Å². The predicted octanol–water partition coefficient (Wildman–Crippen LogP) is 9.44. The first-order valence-electron chi connectivity index (χ1n) is 16.8. The molecule has 48 heavy (non-hydrogen) atoms. The lowest BCUT2D eigenvalue weighted by atomic mass is 9.73. The van der Waals surface area contributed by atoms with Gasteiger partial charge in [-0.1, -0.05) is 91.0 Å². The Morgan fingerprint density at radius 2 is 1.31 bits per heavy atom. The van der Waals surface area contributed by atoms with E-state index in [2.05, 4.69) is 43.3 Å². The molecule has 1 heterocycles. The van der Waals surface area contributed by atoms with Crippen LogP contribution in [0.15, 0.2) is 138 Å². The second-order valence-corrected chi connectivity index (χ2v) is 14.0. The first kappa shape index (κ1) is 33.6. The van der Waals surface area contributed by atoms with Crippen molar-refractivity contribution in [2.75, 3.05) is 19.9 Å². The Morgan fingerprint density at radius 3 is 1.88 bits per heavy atom. The van der Waals surface area contributed by atoms with Gasteiger partial charge in [-0.05, 0) is 75.5 Å². The van der Waals surface area contributed by atoms with Gasteiger partial charge in [0.2, 0.25) is 5.78 Å². The van der Waals surface area contributed by atoms with Gasteiger partial charge in [0.1, 0.15) is 24.7 Å². The highest BCUT2D eigenvalue weighted by atomic mass is 31.1. The number of benzene rings is 4. The van der Waals surface area contributed by atoms with Crippen molar-refractivity contribution in [1.29, 1.82) is 0 Å². The van der Waals surface area contributed by atoms with Gasteiger partial charge < -0.3 is 18.9 Å². The van der Waals surface area contributed by atoms with E-state index in [0.717, 1.165) is 58.2 Å². The van der Waals surface area contributed by atoms with Gasteiger partial charge in [-0.15, -0.1) is 0 Å². The van der Waals surface area contributed by atoms with Crippen LogP contribution in [0.3, 0.4) is 0 Å². The molecule has 7 heteroatoms. The maximum Gasteiger partial charge on any atom is 0.265 e. The summed E-state index contributed by atoms with van der Waals surface area (Å²) in [5, 5.41) is 0. The summed E-state index contributed by atoms with van der Waals surface area (Å²) in [5.74, 6) is 1.99. The number of ether oxygens (including phenoxy) is 4. The van der Waals surface area contributed by atoms with Gasteiger partial charge in [-0.3, -0.25) is 0 Å². The minimum absolute atomic E-state index is 0.0792. The van der Waals surface area contributed by atoms with Gasteiger partial charge in [-0.2, -0.15) is 0 Å². The lowest BCUT2D eigenvalue weighted by molar-refractivity contribution is -0.641. The van der Waals surface area contributed by atoms with E-state index >= 15 is 4.91 Å². The summed E-state index contributed by atoms with van der Waals surface area (Å²) >= 11 is 0. The van der Waals surface area contributed by atoms with E-state index in [0.29, 0.717) is 46.3 Å². The lowest BCUT2D eigenvalue weighted by Gasteiger charge is -2.37. The summed E-state index contributed by atoms with van der Waals surface area (Å²) in [5.41, 5.74) is 4.86. The summed E-state index contributed by atoms with van der Waals surface area (Å²) in [6.45, 7) is 3.51. The molecule has 2 aliphatic rings. The maximum absolute atomic E-state index is 15.1. The van der Waals surface area contributed by atoms with Gasteiger partial charge in [-0.25, -0.2) is 0 Å². The summed E-state index contributed by atoms with van der Waals surface area (Å²) in [7, 11) is 2.24. The van der Waals surface area contributed by atoms with Crippen LogP contribution in [0.5, 0.6) is 5.75 Å². The second kappa shape index (κ2) is 16.2. The summed E-state index contributed by atoms with van der Waals surface area (Å²) in [6.07, 6.45) is 4.54. The minimum Gasteiger partial charge on any atom is -0.497 e. The highest BCUT2D eigenvalue weighted by molar-refractivity contribution is 7.38. The smallest absolute Gasteiger partial charge is 0.265 e. The van der Waals surface area contributed by atoms with Crippen molar-refractivity contribution in [2.24, 2.45) is 0 Å². The summed E-state index contributed by atoms with van der Waals surface area (Å²) in [6, 6.07) is 38.4. The molecule has 3 unspecified atom stereocenters. The van der Waals surface area contributed by atoms with Crippen LogP contribution in [0.1, 0.15) is 54.9 Å². The molecule has 4 aromatic rings. The molecular weight excluding hydrogens is 617 g/mol. The molecule has 0 aromatic heterocycles. The van der Waals surface area contributed by atoms with E-state index in [-0.39, 0.29) is 12.4 Å². The molecule has 6 nitrogen and oxygen atoms in total. The highest BCUT2D eigenvalue weighted by Gasteiger charge is 2.57. The molecule has 1 aliphatic heterocycles. The van der Waals surface area contributed by atoms with E-state index in [4.69, 9.17) is 18.9 Å². The molecule has 1 fully saturated rings. The molecule has 6 rings (SSSR count). The van der Waals surface area contributed by atoms with Crippen molar-refractivity contribution < 1.29 is 23.7 Å².